The van der Waals surface area contributed by atoms with Gasteiger partial charge in [0.25, 0.3) is 0 Å². The van der Waals surface area contributed by atoms with Crippen molar-refractivity contribution in [2.24, 2.45) is 0 Å². The molecule has 1 aliphatic rings. The predicted molar refractivity (Wildman–Crippen MR) is 158 cm³/mol. The standard InChI is InChI=1S/C35H39F6NO/c1-7-9-10-23-11-18-29(31(37)19-23)35(40,41)34(38,39)27-15-12-24(13-16-27)28-17-14-25(20-30(28)36)26-21-32(3,4)42(43-8-2)33(5,6)22-26/h7,11-20,26H,1,8-10,21-22H2,2-6H3. The lowest BCUT2D eigenvalue weighted by Crippen LogP contribution is -2.59. The SMILES string of the molecule is C=CCCc1ccc(C(F)(F)C(F)(F)c2ccc(-c3ccc(C4CC(C)(C)N(OCC)C(C)(C)C4)cc3F)cc2)c(F)c1. The van der Waals surface area contributed by atoms with Gasteiger partial charge >= 0.3 is 11.8 Å². The fraction of sp³-hybridized carbons (Fsp3) is 0.429. The molecular formula is C35H39F6NO. The lowest BCUT2D eigenvalue weighted by atomic mass is 9.72. The highest BCUT2D eigenvalue weighted by Crippen LogP contribution is 2.51. The first kappa shape index (κ1) is 32.8. The van der Waals surface area contributed by atoms with Crippen LogP contribution in [0.5, 0.6) is 0 Å². The van der Waals surface area contributed by atoms with Crippen molar-refractivity contribution in [1.82, 2.24) is 5.06 Å². The normalized spacial score (nSPS) is 17.7. The molecule has 0 N–H and O–H groups in total. The van der Waals surface area contributed by atoms with Crippen LogP contribution in [0.1, 0.15) is 82.1 Å². The summed E-state index contributed by atoms with van der Waals surface area (Å²) in [7, 11) is 0. The maximum atomic E-state index is 15.4. The van der Waals surface area contributed by atoms with Gasteiger partial charge in [-0.25, -0.2) is 8.78 Å². The van der Waals surface area contributed by atoms with Crippen molar-refractivity contribution in [3.63, 3.8) is 0 Å². The maximum Gasteiger partial charge on any atom is 0.342 e. The van der Waals surface area contributed by atoms with Gasteiger partial charge in [0.05, 0.1) is 12.2 Å². The first-order chi connectivity index (χ1) is 20.0. The zero-order valence-electron chi connectivity index (χ0n) is 25.3. The highest BCUT2D eigenvalue weighted by Gasteiger charge is 2.59. The van der Waals surface area contributed by atoms with Gasteiger partial charge in [-0.2, -0.15) is 22.6 Å². The van der Waals surface area contributed by atoms with Gasteiger partial charge in [0.2, 0.25) is 0 Å². The first-order valence-corrected chi connectivity index (χ1v) is 14.5. The second-order valence-electron chi connectivity index (χ2n) is 12.5. The highest BCUT2D eigenvalue weighted by atomic mass is 19.3. The quantitative estimate of drug-likeness (QED) is 0.169. The van der Waals surface area contributed by atoms with Crippen LogP contribution in [-0.4, -0.2) is 22.7 Å². The van der Waals surface area contributed by atoms with Crippen LogP contribution >= 0.6 is 0 Å². The molecule has 1 saturated heterocycles. The summed E-state index contributed by atoms with van der Waals surface area (Å²) in [6.07, 6.45) is 3.92. The summed E-state index contributed by atoms with van der Waals surface area (Å²) in [6, 6.07) is 11.7. The van der Waals surface area contributed by atoms with Crippen LogP contribution < -0.4 is 0 Å². The van der Waals surface area contributed by atoms with Crippen LogP contribution in [-0.2, 0) is 23.1 Å². The van der Waals surface area contributed by atoms with Crippen LogP contribution in [0.15, 0.2) is 73.3 Å². The Morgan fingerprint density at radius 1 is 0.860 bits per heavy atom. The maximum absolute atomic E-state index is 15.4. The lowest BCUT2D eigenvalue weighted by Gasteiger charge is -2.54. The van der Waals surface area contributed by atoms with Crippen molar-refractivity contribution in [1.29, 1.82) is 0 Å². The fourth-order valence-electron chi connectivity index (χ4n) is 6.44. The molecule has 0 spiro atoms. The molecule has 0 atom stereocenters. The van der Waals surface area contributed by atoms with Crippen molar-refractivity contribution in [3.8, 4) is 11.1 Å². The fourth-order valence-corrected chi connectivity index (χ4v) is 6.44. The zero-order valence-corrected chi connectivity index (χ0v) is 25.3. The number of hydroxylamine groups is 2. The number of benzene rings is 3. The molecule has 3 aromatic rings. The Morgan fingerprint density at radius 2 is 1.49 bits per heavy atom. The number of hydrogen-bond acceptors (Lipinski definition) is 2. The zero-order chi connectivity index (χ0) is 31.8. The largest absolute Gasteiger partial charge is 0.342 e. The second kappa shape index (κ2) is 12.1. The first-order valence-electron chi connectivity index (χ1n) is 14.5. The van der Waals surface area contributed by atoms with Crippen LogP contribution in [0.25, 0.3) is 11.1 Å². The minimum atomic E-state index is -4.82. The van der Waals surface area contributed by atoms with E-state index in [4.69, 9.17) is 4.84 Å². The third-order valence-electron chi connectivity index (χ3n) is 8.28. The number of aryl methyl sites for hydroxylation is 1. The van der Waals surface area contributed by atoms with Gasteiger partial charge in [0, 0.05) is 22.2 Å². The topological polar surface area (TPSA) is 12.5 Å². The average molecular weight is 604 g/mol. The van der Waals surface area contributed by atoms with E-state index in [2.05, 4.69) is 34.3 Å². The molecule has 2 nitrogen and oxygen atoms in total. The molecule has 0 saturated carbocycles. The Kier molecular flexibility index (Phi) is 9.25. The Hall–Kier alpha value is -3.10. The summed E-state index contributed by atoms with van der Waals surface area (Å²) in [4.78, 5) is 5.94. The highest BCUT2D eigenvalue weighted by molar-refractivity contribution is 5.65. The lowest BCUT2D eigenvalue weighted by molar-refractivity contribution is -0.280. The van der Waals surface area contributed by atoms with Crippen molar-refractivity contribution < 1.29 is 31.2 Å². The summed E-state index contributed by atoms with van der Waals surface area (Å²) in [5, 5.41) is 2.02. The van der Waals surface area contributed by atoms with Crippen molar-refractivity contribution in [2.45, 2.75) is 89.1 Å². The number of allylic oxidation sites excluding steroid dienone is 1. The van der Waals surface area contributed by atoms with E-state index in [1.165, 1.54) is 24.3 Å². The molecule has 3 aromatic carbocycles. The van der Waals surface area contributed by atoms with Crippen LogP contribution in [0.4, 0.5) is 26.3 Å². The number of hydrogen-bond donors (Lipinski definition) is 0. The van der Waals surface area contributed by atoms with Gasteiger partial charge in [0.15, 0.2) is 0 Å². The Balaban J connectivity index is 1.56. The van der Waals surface area contributed by atoms with Crippen LogP contribution in [0.2, 0.25) is 0 Å². The number of alkyl halides is 4. The molecule has 0 radical (unpaired) electrons. The summed E-state index contributed by atoms with van der Waals surface area (Å²) in [6.45, 7) is 14.4. The Labute approximate surface area is 250 Å². The molecule has 0 aliphatic carbocycles. The number of halogens is 6. The monoisotopic (exact) mass is 603 g/mol. The van der Waals surface area contributed by atoms with Crippen molar-refractivity contribution in [2.75, 3.05) is 6.61 Å². The molecule has 0 aromatic heterocycles. The summed E-state index contributed by atoms with van der Waals surface area (Å²) >= 11 is 0. The van der Waals surface area contributed by atoms with E-state index in [0.717, 1.165) is 36.6 Å². The van der Waals surface area contributed by atoms with Gasteiger partial charge < -0.3 is 0 Å². The Morgan fingerprint density at radius 3 is 2.02 bits per heavy atom. The van der Waals surface area contributed by atoms with E-state index in [1.807, 2.05) is 18.1 Å². The molecule has 0 amide bonds. The van der Waals surface area contributed by atoms with Crippen LogP contribution in [0.3, 0.4) is 0 Å². The predicted octanol–water partition coefficient (Wildman–Crippen LogP) is 10.3. The molecular weight excluding hydrogens is 564 g/mol. The molecule has 232 valence electrons. The molecule has 1 fully saturated rings. The smallest absolute Gasteiger partial charge is 0.298 e. The molecule has 0 unspecified atom stereocenters. The molecule has 8 heteroatoms. The van der Waals surface area contributed by atoms with Crippen molar-refractivity contribution >= 4 is 0 Å². The summed E-state index contributed by atoms with van der Waals surface area (Å²) < 4.78 is 90.5. The van der Waals surface area contributed by atoms with E-state index >= 15 is 22.0 Å². The van der Waals surface area contributed by atoms with E-state index in [-0.39, 0.29) is 28.1 Å². The third kappa shape index (κ3) is 6.41. The summed E-state index contributed by atoms with van der Waals surface area (Å²) in [5.74, 6) is -11.4. The van der Waals surface area contributed by atoms with Crippen LogP contribution in [0, 0.1) is 11.6 Å². The number of piperidine rings is 1. The minimum absolute atomic E-state index is 0.0602. The molecule has 43 heavy (non-hydrogen) atoms. The average Bonchev–Trinajstić information content (AvgIpc) is 2.93. The van der Waals surface area contributed by atoms with E-state index < -0.39 is 34.6 Å². The summed E-state index contributed by atoms with van der Waals surface area (Å²) in [5.41, 5.74) is -1.33. The van der Waals surface area contributed by atoms with E-state index in [9.17, 15) is 4.39 Å². The van der Waals surface area contributed by atoms with Gasteiger partial charge in [-0.3, -0.25) is 4.84 Å². The molecule has 1 heterocycles. The van der Waals surface area contributed by atoms with Crippen molar-refractivity contribution in [3.05, 3.63) is 107 Å². The third-order valence-corrected chi connectivity index (χ3v) is 8.28. The Bertz CT molecular complexity index is 1430. The molecule has 0 bridgehead atoms. The van der Waals surface area contributed by atoms with Gasteiger partial charge in [-0.05, 0) is 101 Å². The number of rotatable bonds is 10. The van der Waals surface area contributed by atoms with E-state index in [0.29, 0.717) is 31.1 Å². The van der Waals surface area contributed by atoms with Gasteiger partial charge in [-0.1, -0.05) is 48.5 Å². The number of nitrogens with zero attached hydrogens (tertiary/aromatic N) is 1. The van der Waals surface area contributed by atoms with Gasteiger partial charge in [-0.15, -0.1) is 6.58 Å². The molecule has 4 rings (SSSR count). The molecule has 1 aliphatic heterocycles. The van der Waals surface area contributed by atoms with Gasteiger partial charge in [0.1, 0.15) is 11.6 Å². The second-order valence-corrected chi connectivity index (χ2v) is 12.5. The van der Waals surface area contributed by atoms with E-state index in [1.54, 1.807) is 12.1 Å². The minimum Gasteiger partial charge on any atom is -0.298 e.